The van der Waals surface area contributed by atoms with Gasteiger partial charge < -0.3 is 10.8 Å². The summed E-state index contributed by atoms with van der Waals surface area (Å²) in [6.45, 7) is -1.07. The molecular formula is C4H7ClF3NO3. The zero-order chi connectivity index (χ0) is 9.07. The normalized spacial score (nSPS) is 13.3. The van der Waals surface area contributed by atoms with Crippen LogP contribution >= 0.6 is 12.4 Å². The number of carboxylic acid groups (broad SMARTS) is 1. The second-order valence-corrected chi connectivity index (χ2v) is 1.70. The first-order valence-corrected chi connectivity index (χ1v) is 2.52. The molecular weight excluding hydrogens is 202 g/mol. The van der Waals surface area contributed by atoms with E-state index in [4.69, 9.17) is 10.8 Å². The Morgan fingerprint density at radius 2 is 2.00 bits per heavy atom. The average molecular weight is 210 g/mol. The first-order chi connectivity index (χ1) is 4.83. The van der Waals surface area contributed by atoms with Crippen LogP contribution < -0.4 is 5.73 Å². The minimum atomic E-state index is -4.83. The van der Waals surface area contributed by atoms with Crippen molar-refractivity contribution in [1.82, 2.24) is 0 Å². The van der Waals surface area contributed by atoms with E-state index >= 15 is 0 Å². The summed E-state index contributed by atoms with van der Waals surface area (Å²) < 4.78 is 36.8. The number of alkyl halides is 3. The average Bonchev–Trinajstić information content (AvgIpc) is 1.80. The van der Waals surface area contributed by atoms with Crippen LogP contribution in [0.5, 0.6) is 0 Å². The Hall–Kier alpha value is -0.530. The van der Waals surface area contributed by atoms with Gasteiger partial charge in [0.25, 0.3) is 0 Å². The largest absolute Gasteiger partial charge is 0.522 e. The van der Waals surface area contributed by atoms with Crippen LogP contribution in [0.2, 0.25) is 0 Å². The summed E-state index contributed by atoms with van der Waals surface area (Å²) in [5.74, 6) is -1.53. The Balaban J connectivity index is 0. The minimum absolute atomic E-state index is 0. The fourth-order valence-corrected chi connectivity index (χ4v) is 0.256. The molecule has 0 amide bonds. The maximum atomic E-state index is 11.2. The monoisotopic (exact) mass is 209 g/mol. The Morgan fingerprint density at radius 3 is 2.25 bits per heavy atom. The van der Waals surface area contributed by atoms with Gasteiger partial charge in [-0.3, -0.25) is 9.53 Å². The number of aliphatic carboxylic acids is 1. The summed E-state index contributed by atoms with van der Waals surface area (Å²) >= 11 is 0. The zero-order valence-corrected chi connectivity index (χ0v) is 6.48. The number of nitrogens with two attached hydrogens (primary N) is 1. The van der Waals surface area contributed by atoms with Crippen molar-refractivity contribution in [2.45, 2.75) is 12.4 Å². The Labute approximate surface area is 71.9 Å². The summed E-state index contributed by atoms with van der Waals surface area (Å²) in [5.41, 5.74) is 4.70. The van der Waals surface area contributed by atoms with Crippen molar-refractivity contribution >= 4 is 18.4 Å². The molecule has 0 spiro atoms. The summed E-state index contributed by atoms with van der Waals surface area (Å²) in [6, 6.07) is -1.64. The van der Waals surface area contributed by atoms with Gasteiger partial charge in [-0.05, 0) is 0 Å². The predicted octanol–water partition coefficient (Wildman–Crippen LogP) is 0.357. The van der Waals surface area contributed by atoms with E-state index < -0.39 is 25.0 Å². The highest BCUT2D eigenvalue weighted by atomic mass is 35.5. The van der Waals surface area contributed by atoms with E-state index in [1.54, 1.807) is 0 Å². The molecule has 0 rings (SSSR count). The molecule has 4 nitrogen and oxygen atoms in total. The van der Waals surface area contributed by atoms with E-state index in [-0.39, 0.29) is 12.4 Å². The maximum absolute atomic E-state index is 11.2. The Morgan fingerprint density at radius 1 is 1.58 bits per heavy atom. The molecule has 74 valence electrons. The topological polar surface area (TPSA) is 72.5 Å². The third kappa shape index (κ3) is 7.58. The van der Waals surface area contributed by atoms with E-state index in [9.17, 15) is 18.0 Å². The van der Waals surface area contributed by atoms with Crippen molar-refractivity contribution in [3.05, 3.63) is 0 Å². The first-order valence-electron chi connectivity index (χ1n) is 2.52. The lowest BCUT2D eigenvalue weighted by atomic mass is 10.3. The van der Waals surface area contributed by atoms with E-state index in [0.717, 1.165) is 0 Å². The number of halogens is 4. The molecule has 0 fully saturated rings. The first kappa shape index (κ1) is 14.0. The van der Waals surface area contributed by atoms with Gasteiger partial charge in [-0.25, -0.2) is 0 Å². The van der Waals surface area contributed by atoms with Crippen molar-refractivity contribution in [3.8, 4) is 0 Å². The molecule has 0 aliphatic rings. The molecule has 0 saturated carbocycles. The van der Waals surface area contributed by atoms with E-state index in [1.165, 1.54) is 0 Å². The highest BCUT2D eigenvalue weighted by molar-refractivity contribution is 5.85. The lowest BCUT2D eigenvalue weighted by molar-refractivity contribution is -0.325. The number of ether oxygens (including phenoxy) is 1. The van der Waals surface area contributed by atoms with Gasteiger partial charge in [0, 0.05) is 0 Å². The van der Waals surface area contributed by atoms with Gasteiger partial charge in [-0.2, -0.15) is 0 Å². The summed E-state index contributed by atoms with van der Waals surface area (Å²) in [4.78, 5) is 9.84. The van der Waals surface area contributed by atoms with Crippen LogP contribution in [0.3, 0.4) is 0 Å². The van der Waals surface area contributed by atoms with Crippen LogP contribution in [-0.4, -0.2) is 30.1 Å². The third-order valence-electron chi connectivity index (χ3n) is 0.744. The molecule has 0 heterocycles. The van der Waals surface area contributed by atoms with Crippen LogP contribution in [0.25, 0.3) is 0 Å². The molecule has 8 heteroatoms. The lowest BCUT2D eigenvalue weighted by Crippen LogP contribution is -2.37. The molecule has 0 saturated heterocycles. The highest BCUT2D eigenvalue weighted by Gasteiger charge is 2.30. The van der Waals surface area contributed by atoms with Gasteiger partial charge in [0.05, 0.1) is 6.61 Å². The van der Waals surface area contributed by atoms with Crippen molar-refractivity contribution < 1.29 is 27.8 Å². The highest BCUT2D eigenvalue weighted by Crippen LogP contribution is 2.15. The van der Waals surface area contributed by atoms with Crippen LogP contribution in [-0.2, 0) is 9.53 Å². The number of rotatable bonds is 3. The van der Waals surface area contributed by atoms with Crippen LogP contribution in [0.4, 0.5) is 13.2 Å². The Bertz CT molecular complexity index is 151. The predicted molar refractivity (Wildman–Crippen MR) is 34.9 cm³/mol. The van der Waals surface area contributed by atoms with E-state index in [0.29, 0.717) is 0 Å². The molecule has 0 radical (unpaired) electrons. The zero-order valence-electron chi connectivity index (χ0n) is 5.67. The van der Waals surface area contributed by atoms with Gasteiger partial charge in [0.2, 0.25) is 0 Å². The summed E-state index contributed by atoms with van der Waals surface area (Å²) in [5, 5.41) is 8.01. The lowest BCUT2D eigenvalue weighted by Gasteiger charge is -2.09. The van der Waals surface area contributed by atoms with Gasteiger partial charge in [0.1, 0.15) is 6.04 Å². The third-order valence-corrected chi connectivity index (χ3v) is 0.744. The smallest absolute Gasteiger partial charge is 0.480 e. The number of hydrogen-bond donors (Lipinski definition) is 2. The molecule has 3 N–H and O–H groups in total. The molecule has 0 aromatic heterocycles. The second kappa shape index (κ2) is 5.18. The number of carbonyl (C=O) groups is 1. The molecule has 0 aliphatic heterocycles. The molecule has 0 aromatic rings. The van der Waals surface area contributed by atoms with Crippen molar-refractivity contribution in [2.24, 2.45) is 5.73 Å². The van der Waals surface area contributed by atoms with Gasteiger partial charge in [-0.15, -0.1) is 25.6 Å². The van der Waals surface area contributed by atoms with E-state index in [2.05, 4.69) is 4.74 Å². The van der Waals surface area contributed by atoms with Gasteiger partial charge in [-0.1, -0.05) is 0 Å². The fourth-order valence-electron chi connectivity index (χ4n) is 0.256. The van der Waals surface area contributed by atoms with E-state index in [1.807, 2.05) is 0 Å². The Kier molecular flexibility index (Phi) is 6.05. The number of hydrogen-bond acceptors (Lipinski definition) is 3. The SMILES string of the molecule is Cl.N[C@H](COC(F)(F)F)C(=O)O. The fraction of sp³-hybridized carbons (Fsp3) is 0.750. The maximum Gasteiger partial charge on any atom is 0.522 e. The molecule has 0 bridgehead atoms. The minimum Gasteiger partial charge on any atom is -0.480 e. The van der Waals surface area contributed by atoms with Crippen molar-refractivity contribution in [3.63, 3.8) is 0 Å². The second-order valence-electron chi connectivity index (χ2n) is 1.70. The number of carboxylic acids is 1. The quantitative estimate of drug-likeness (QED) is 0.704. The van der Waals surface area contributed by atoms with Gasteiger partial charge in [0.15, 0.2) is 0 Å². The van der Waals surface area contributed by atoms with Crippen molar-refractivity contribution in [2.75, 3.05) is 6.61 Å². The van der Waals surface area contributed by atoms with Crippen LogP contribution in [0.1, 0.15) is 0 Å². The molecule has 1 atom stereocenters. The van der Waals surface area contributed by atoms with Gasteiger partial charge >= 0.3 is 12.3 Å². The molecule has 0 aromatic carbocycles. The molecule has 0 unspecified atom stereocenters. The molecule has 0 aliphatic carbocycles. The molecule has 12 heavy (non-hydrogen) atoms. The summed E-state index contributed by atoms with van der Waals surface area (Å²) in [6.07, 6.45) is -4.83. The van der Waals surface area contributed by atoms with Crippen LogP contribution in [0, 0.1) is 0 Å². The van der Waals surface area contributed by atoms with Crippen LogP contribution in [0.15, 0.2) is 0 Å². The van der Waals surface area contributed by atoms with Crippen molar-refractivity contribution in [1.29, 1.82) is 0 Å². The summed E-state index contributed by atoms with van der Waals surface area (Å²) in [7, 11) is 0. The standard InChI is InChI=1S/C4H6F3NO3.ClH/c5-4(6,7)11-1-2(8)3(9)10;/h2H,1,8H2,(H,9,10);1H/t2-;/m1./s1.